The maximum absolute atomic E-state index is 14.0. The highest BCUT2D eigenvalue weighted by molar-refractivity contribution is 5.83. The first-order chi connectivity index (χ1) is 16.8. The Morgan fingerprint density at radius 3 is 1.47 bits per heavy atom. The first-order valence-corrected chi connectivity index (χ1v) is 8.93. The lowest BCUT2D eigenvalue weighted by Crippen LogP contribution is -2.23. The van der Waals surface area contributed by atoms with Crippen molar-refractivity contribution in [3.63, 3.8) is 0 Å². The number of hydrogen-bond acceptors (Lipinski definition) is 7. The lowest BCUT2D eigenvalue weighted by Gasteiger charge is -2.19. The quantitative estimate of drug-likeness (QED) is 0.552. The van der Waals surface area contributed by atoms with E-state index >= 15 is 0 Å². The van der Waals surface area contributed by atoms with Gasteiger partial charge in [0, 0.05) is 16.0 Å². The van der Waals surface area contributed by atoms with Crippen molar-refractivity contribution in [1.29, 1.82) is 36.8 Å². The van der Waals surface area contributed by atoms with Crippen molar-refractivity contribution in [2.45, 2.75) is 12.4 Å². The molecule has 0 aliphatic rings. The van der Waals surface area contributed by atoms with Crippen molar-refractivity contribution in [3.05, 3.63) is 67.6 Å². The number of benzene rings is 2. The van der Waals surface area contributed by atoms with Crippen LogP contribution in [-0.4, -0.2) is 0 Å². The molecule has 7 nitrogen and oxygen atoms in total. The summed E-state index contributed by atoms with van der Waals surface area (Å²) in [6.07, 6.45) is -11.0. The third-order valence-corrected chi connectivity index (χ3v) is 4.68. The Morgan fingerprint density at radius 2 is 1.08 bits per heavy atom. The van der Waals surface area contributed by atoms with Gasteiger partial charge in [0.15, 0.2) is 0 Å². The van der Waals surface area contributed by atoms with E-state index in [1.54, 1.807) is 0 Å². The minimum Gasteiger partial charge on any atom is -0.192 e. The van der Waals surface area contributed by atoms with E-state index < -0.39 is 72.9 Å². The predicted molar refractivity (Wildman–Crippen MR) is 104 cm³/mol. The summed E-state index contributed by atoms with van der Waals surface area (Å²) in [5.74, 6) is 0. The second-order valence-corrected chi connectivity index (χ2v) is 6.57. The molecule has 0 bridgehead atoms. The summed E-state index contributed by atoms with van der Waals surface area (Å²) in [4.78, 5) is 0. The van der Waals surface area contributed by atoms with Crippen LogP contribution >= 0.6 is 0 Å². The van der Waals surface area contributed by atoms with Gasteiger partial charge in [-0.2, -0.15) is 63.2 Å². The van der Waals surface area contributed by atoms with Crippen LogP contribution in [0.25, 0.3) is 11.1 Å². The number of hydrogen-bond donors (Lipinski definition) is 0. The van der Waals surface area contributed by atoms with Gasteiger partial charge in [-0.25, -0.2) is 0 Å². The molecule has 0 spiro atoms. The molecule has 0 unspecified atom stereocenters. The van der Waals surface area contributed by atoms with Gasteiger partial charge in [-0.3, -0.25) is 0 Å². The van der Waals surface area contributed by atoms with Crippen LogP contribution in [0.4, 0.5) is 26.3 Å². The summed E-state index contributed by atoms with van der Waals surface area (Å²) < 4.78 is 82.8. The third kappa shape index (κ3) is 4.48. The Balaban J connectivity index is 3.44. The third-order valence-electron chi connectivity index (χ3n) is 4.68. The molecule has 2 aromatic rings. The van der Waals surface area contributed by atoms with Gasteiger partial charge in [0.25, 0.3) is 0 Å². The zero-order valence-corrected chi connectivity index (χ0v) is 17.1. The number of nitrogens with zero attached hydrogens (tertiary/aromatic N) is 7. The molecule has 172 valence electrons. The summed E-state index contributed by atoms with van der Waals surface area (Å²) in [5, 5.41) is 63.9. The summed E-state index contributed by atoms with van der Waals surface area (Å²) in [6.45, 7) is 0. The fourth-order valence-corrected chi connectivity index (χ4v) is 3.24. The monoisotopic (exact) mass is 491 g/mol. The summed E-state index contributed by atoms with van der Waals surface area (Å²) in [7, 11) is 0. The molecule has 0 aromatic heterocycles. The molecule has 2 rings (SSSR count). The average Bonchev–Trinajstić information content (AvgIpc) is 2.83. The normalized spacial score (nSPS) is 11.3. The molecule has 36 heavy (non-hydrogen) atoms. The molecule has 0 fully saturated rings. The van der Waals surface area contributed by atoms with Gasteiger partial charge in [-0.05, 0) is 18.2 Å². The molecule has 0 aliphatic heterocycles. The molecule has 0 N–H and O–H groups in total. The zero-order valence-electron chi connectivity index (χ0n) is 17.1. The van der Waals surface area contributed by atoms with Gasteiger partial charge in [0.1, 0.15) is 35.9 Å². The zero-order chi connectivity index (χ0) is 27.4. The van der Waals surface area contributed by atoms with Gasteiger partial charge in [0.05, 0.1) is 51.1 Å². The van der Waals surface area contributed by atoms with E-state index in [2.05, 4.69) is 0 Å². The minimum absolute atomic E-state index is 0.135. The number of nitriles is 7. The molecule has 0 saturated heterocycles. The molecule has 2 aromatic carbocycles. The van der Waals surface area contributed by atoms with Gasteiger partial charge in [-0.1, -0.05) is 0 Å². The average molecular weight is 491 g/mol. The largest absolute Gasteiger partial charge is 0.418 e. The highest BCUT2D eigenvalue weighted by atomic mass is 19.4. The lowest BCUT2D eigenvalue weighted by atomic mass is 9.87. The SMILES string of the molecule is N#CC(C#N)=c1cc(C#N)/c(=C(/C#N)c2cc(C(F)(F)F)c(C#N)c(C#N)c2C(F)(F)F)cc1C#N. The Morgan fingerprint density at radius 1 is 0.583 bits per heavy atom. The van der Waals surface area contributed by atoms with Crippen LogP contribution in [0.1, 0.15) is 38.9 Å². The summed E-state index contributed by atoms with van der Waals surface area (Å²) in [6, 6.07) is 10.4. The van der Waals surface area contributed by atoms with E-state index in [1.165, 1.54) is 30.3 Å². The number of halogens is 6. The van der Waals surface area contributed by atoms with Gasteiger partial charge in [0.2, 0.25) is 0 Å². The second-order valence-electron chi connectivity index (χ2n) is 6.57. The second kappa shape index (κ2) is 9.59. The van der Waals surface area contributed by atoms with Crippen LogP contribution in [0, 0.1) is 79.3 Å². The standard InChI is InChI=1S/C23H3F6N7/c24-22(25,26)20-3-16(21(23(27,28)29)19(10-36)18(20)9-35)17(8-34)15-2-11(4-30)14(1-12(15)5-31)13(6-32)7-33/h1-3H/b17-15-. The molecular weight excluding hydrogens is 488 g/mol. The number of rotatable bonds is 1. The first-order valence-electron chi connectivity index (χ1n) is 8.93. The van der Waals surface area contributed by atoms with Gasteiger partial charge < -0.3 is 0 Å². The predicted octanol–water partition coefficient (Wildman–Crippen LogP) is 3.13. The maximum Gasteiger partial charge on any atom is 0.418 e. The van der Waals surface area contributed by atoms with Crippen molar-refractivity contribution in [1.82, 2.24) is 0 Å². The molecule has 13 heteroatoms. The van der Waals surface area contributed by atoms with Crippen LogP contribution in [0.3, 0.4) is 0 Å². The van der Waals surface area contributed by atoms with E-state index in [0.717, 1.165) is 18.2 Å². The first kappa shape index (κ1) is 26.4. The van der Waals surface area contributed by atoms with E-state index in [1.807, 2.05) is 0 Å². The van der Waals surface area contributed by atoms with E-state index in [0.29, 0.717) is 6.07 Å². The molecular formula is C23H3F6N7. The van der Waals surface area contributed by atoms with Crippen LogP contribution in [0.2, 0.25) is 0 Å². The molecule has 0 atom stereocenters. The van der Waals surface area contributed by atoms with Crippen LogP contribution in [-0.2, 0) is 12.4 Å². The van der Waals surface area contributed by atoms with Crippen LogP contribution in [0.5, 0.6) is 0 Å². The Hall–Kier alpha value is -5.81. The Labute approximate surface area is 197 Å². The topological polar surface area (TPSA) is 167 Å². The minimum atomic E-state index is -5.54. The van der Waals surface area contributed by atoms with Gasteiger partial charge in [-0.15, -0.1) is 0 Å². The van der Waals surface area contributed by atoms with Crippen molar-refractivity contribution < 1.29 is 26.3 Å². The molecule has 0 radical (unpaired) electrons. The molecule has 0 saturated carbocycles. The number of alkyl halides is 6. The summed E-state index contributed by atoms with van der Waals surface area (Å²) >= 11 is 0. The van der Waals surface area contributed by atoms with E-state index in [-0.39, 0.29) is 6.07 Å². The lowest BCUT2D eigenvalue weighted by molar-refractivity contribution is -0.141. The fraction of sp³-hybridized carbons (Fsp3) is 0.0870. The van der Waals surface area contributed by atoms with Gasteiger partial charge >= 0.3 is 12.4 Å². The molecule has 0 amide bonds. The fourth-order valence-electron chi connectivity index (χ4n) is 3.24. The van der Waals surface area contributed by atoms with E-state index in [9.17, 15) is 47.4 Å². The van der Waals surface area contributed by atoms with E-state index in [4.69, 9.17) is 15.8 Å². The van der Waals surface area contributed by atoms with Crippen LogP contribution in [0.15, 0.2) is 18.2 Å². The van der Waals surface area contributed by atoms with Crippen molar-refractivity contribution in [3.8, 4) is 42.5 Å². The highest BCUT2D eigenvalue weighted by Crippen LogP contribution is 2.43. The van der Waals surface area contributed by atoms with Crippen LogP contribution < -0.4 is 10.4 Å². The van der Waals surface area contributed by atoms with Crippen molar-refractivity contribution in [2.75, 3.05) is 0 Å². The highest BCUT2D eigenvalue weighted by Gasteiger charge is 2.44. The maximum atomic E-state index is 14.0. The summed E-state index contributed by atoms with van der Waals surface area (Å²) in [5.41, 5.74) is -11.8. The smallest absolute Gasteiger partial charge is 0.192 e. The van der Waals surface area contributed by atoms with Crippen molar-refractivity contribution >= 4 is 11.1 Å². The molecule has 0 heterocycles. The Kier molecular flexibility index (Phi) is 7.04. The molecule has 0 aliphatic carbocycles. The Bertz CT molecular complexity index is 1720. The van der Waals surface area contributed by atoms with Crippen molar-refractivity contribution in [2.24, 2.45) is 0 Å².